The Bertz CT molecular complexity index is 498. The van der Waals surface area contributed by atoms with Crippen molar-refractivity contribution in [1.29, 1.82) is 0 Å². The van der Waals surface area contributed by atoms with Crippen molar-refractivity contribution in [3.05, 3.63) is 44.0 Å². The number of nitrogen functional groups attached to an aromatic ring is 1. The average Bonchev–Trinajstić information content (AvgIpc) is 2.63. The minimum absolute atomic E-state index is 0.701. The van der Waals surface area contributed by atoms with E-state index in [0.29, 0.717) is 5.69 Å². The van der Waals surface area contributed by atoms with Gasteiger partial charge in [0.2, 0.25) is 0 Å². The molecule has 0 aliphatic heterocycles. The largest absolute Gasteiger partial charge is 0.399 e. The fourth-order valence-corrected chi connectivity index (χ4v) is 4.27. The van der Waals surface area contributed by atoms with Gasteiger partial charge in [-0.05, 0) is 45.6 Å². The SMILES string of the molecule is Nc1ccc(SCc2sccc2Br)c(Cl)c1. The molecule has 0 aliphatic carbocycles. The van der Waals surface area contributed by atoms with Crippen LogP contribution in [-0.4, -0.2) is 0 Å². The van der Waals surface area contributed by atoms with E-state index in [2.05, 4.69) is 27.4 Å². The summed E-state index contributed by atoms with van der Waals surface area (Å²) in [7, 11) is 0. The molecule has 84 valence electrons. The highest BCUT2D eigenvalue weighted by Gasteiger charge is 2.05. The molecule has 1 heterocycles. The van der Waals surface area contributed by atoms with E-state index in [4.69, 9.17) is 17.3 Å². The van der Waals surface area contributed by atoms with E-state index >= 15 is 0 Å². The summed E-state index contributed by atoms with van der Waals surface area (Å²) in [5.41, 5.74) is 6.34. The summed E-state index contributed by atoms with van der Waals surface area (Å²) in [6.45, 7) is 0. The van der Waals surface area contributed by atoms with Crippen LogP contribution in [0.3, 0.4) is 0 Å². The zero-order chi connectivity index (χ0) is 11.5. The minimum Gasteiger partial charge on any atom is -0.399 e. The molecule has 0 fully saturated rings. The molecule has 0 saturated heterocycles. The number of benzene rings is 1. The molecule has 0 aliphatic rings. The lowest BCUT2D eigenvalue weighted by molar-refractivity contribution is 1.42. The van der Waals surface area contributed by atoms with Gasteiger partial charge >= 0.3 is 0 Å². The van der Waals surface area contributed by atoms with E-state index in [-0.39, 0.29) is 0 Å². The lowest BCUT2D eigenvalue weighted by Gasteiger charge is -2.04. The third-order valence-corrected chi connectivity index (χ3v) is 5.64. The van der Waals surface area contributed by atoms with Gasteiger partial charge < -0.3 is 5.73 Å². The fourth-order valence-electron chi connectivity index (χ4n) is 1.21. The van der Waals surface area contributed by atoms with E-state index < -0.39 is 0 Å². The molecular weight excluding hydrogens is 326 g/mol. The molecule has 1 aromatic carbocycles. The highest BCUT2D eigenvalue weighted by molar-refractivity contribution is 9.10. The standard InChI is InChI=1S/C11H9BrClNS2/c12-8-3-4-15-11(8)6-16-10-2-1-7(14)5-9(10)13/h1-5H,6,14H2. The lowest BCUT2D eigenvalue weighted by Crippen LogP contribution is -1.85. The summed E-state index contributed by atoms with van der Waals surface area (Å²) in [6, 6.07) is 7.68. The number of rotatable bonds is 3. The average molecular weight is 335 g/mol. The van der Waals surface area contributed by atoms with Crippen molar-refractivity contribution in [2.45, 2.75) is 10.6 Å². The van der Waals surface area contributed by atoms with Crippen LogP contribution in [0.2, 0.25) is 5.02 Å². The predicted molar refractivity (Wildman–Crippen MR) is 77.4 cm³/mol. The highest BCUT2D eigenvalue weighted by atomic mass is 79.9. The van der Waals surface area contributed by atoms with Crippen molar-refractivity contribution in [2.75, 3.05) is 5.73 Å². The van der Waals surface area contributed by atoms with Crippen LogP contribution >= 0.6 is 50.6 Å². The molecule has 1 nitrogen and oxygen atoms in total. The molecule has 0 unspecified atom stereocenters. The topological polar surface area (TPSA) is 26.0 Å². The van der Waals surface area contributed by atoms with E-state index in [1.807, 2.05) is 12.1 Å². The van der Waals surface area contributed by atoms with E-state index in [9.17, 15) is 0 Å². The first-order chi connectivity index (χ1) is 7.66. The predicted octanol–water partition coefficient (Wildman–Crippen LogP) is 5.04. The quantitative estimate of drug-likeness (QED) is 0.628. The number of thioether (sulfide) groups is 1. The lowest BCUT2D eigenvalue weighted by atomic mass is 10.3. The first-order valence-corrected chi connectivity index (χ1v) is 7.60. The molecule has 5 heteroatoms. The molecule has 16 heavy (non-hydrogen) atoms. The van der Waals surface area contributed by atoms with Gasteiger partial charge in [0.1, 0.15) is 0 Å². The molecule has 2 aromatic rings. The Morgan fingerprint density at radius 3 is 2.81 bits per heavy atom. The Balaban J connectivity index is 2.08. The molecule has 2 N–H and O–H groups in total. The third kappa shape index (κ3) is 2.94. The van der Waals surface area contributed by atoms with Gasteiger partial charge in [-0.2, -0.15) is 0 Å². The second-order valence-corrected chi connectivity index (χ2v) is 6.45. The van der Waals surface area contributed by atoms with Gasteiger partial charge in [-0.25, -0.2) is 0 Å². The van der Waals surface area contributed by atoms with E-state index in [0.717, 1.165) is 20.1 Å². The first kappa shape index (κ1) is 12.3. The zero-order valence-electron chi connectivity index (χ0n) is 8.24. The van der Waals surface area contributed by atoms with Crippen LogP contribution in [0.5, 0.6) is 0 Å². The molecule has 2 rings (SSSR count). The molecule has 1 aromatic heterocycles. The van der Waals surface area contributed by atoms with Crippen LogP contribution in [0, 0.1) is 0 Å². The molecular formula is C11H9BrClNS2. The second kappa shape index (κ2) is 5.45. The molecule has 0 bridgehead atoms. The Morgan fingerprint density at radius 1 is 1.38 bits per heavy atom. The molecule has 0 saturated carbocycles. The normalized spacial score (nSPS) is 10.6. The Labute approximate surface area is 116 Å². The molecule has 0 atom stereocenters. The van der Waals surface area contributed by atoms with Crippen LogP contribution in [0.25, 0.3) is 0 Å². The summed E-state index contributed by atoms with van der Waals surface area (Å²) in [5.74, 6) is 0.919. The number of hydrogen-bond acceptors (Lipinski definition) is 3. The van der Waals surface area contributed by atoms with E-state index in [1.54, 1.807) is 29.2 Å². The summed E-state index contributed by atoms with van der Waals surface area (Å²) in [6.07, 6.45) is 0. The number of hydrogen-bond donors (Lipinski definition) is 1. The Morgan fingerprint density at radius 2 is 2.19 bits per heavy atom. The summed E-state index contributed by atoms with van der Waals surface area (Å²) in [5, 5.41) is 2.79. The van der Waals surface area contributed by atoms with Crippen molar-refractivity contribution in [3.8, 4) is 0 Å². The third-order valence-electron chi connectivity index (χ3n) is 2.01. The minimum atomic E-state index is 0.701. The smallest absolute Gasteiger partial charge is 0.0562 e. The Hall–Kier alpha value is -0.160. The molecule has 0 spiro atoms. The van der Waals surface area contributed by atoms with Crippen molar-refractivity contribution in [1.82, 2.24) is 0 Å². The van der Waals surface area contributed by atoms with Gasteiger partial charge in [-0.15, -0.1) is 23.1 Å². The summed E-state index contributed by atoms with van der Waals surface area (Å²) >= 11 is 13.1. The van der Waals surface area contributed by atoms with Crippen LogP contribution < -0.4 is 5.73 Å². The maximum atomic E-state index is 6.10. The van der Waals surface area contributed by atoms with E-state index in [1.165, 1.54) is 4.88 Å². The number of halogens is 2. The van der Waals surface area contributed by atoms with Crippen LogP contribution in [-0.2, 0) is 5.75 Å². The fraction of sp³-hybridized carbons (Fsp3) is 0.0909. The first-order valence-electron chi connectivity index (χ1n) is 4.56. The van der Waals surface area contributed by atoms with Gasteiger partial charge in [-0.1, -0.05) is 11.6 Å². The summed E-state index contributed by atoms with van der Waals surface area (Å²) in [4.78, 5) is 2.38. The molecule has 0 amide bonds. The van der Waals surface area contributed by atoms with Gasteiger partial charge in [0.05, 0.1) is 5.02 Å². The van der Waals surface area contributed by atoms with Gasteiger partial charge in [0, 0.05) is 25.7 Å². The maximum absolute atomic E-state index is 6.10. The molecule has 0 radical (unpaired) electrons. The second-order valence-electron chi connectivity index (χ2n) is 3.17. The van der Waals surface area contributed by atoms with Crippen LogP contribution in [0.15, 0.2) is 39.0 Å². The van der Waals surface area contributed by atoms with Gasteiger partial charge in [0.15, 0.2) is 0 Å². The van der Waals surface area contributed by atoms with Gasteiger partial charge in [0.25, 0.3) is 0 Å². The number of nitrogens with two attached hydrogens (primary N) is 1. The monoisotopic (exact) mass is 333 g/mol. The zero-order valence-corrected chi connectivity index (χ0v) is 12.2. The van der Waals surface area contributed by atoms with Crippen molar-refractivity contribution in [3.63, 3.8) is 0 Å². The van der Waals surface area contributed by atoms with Crippen LogP contribution in [0.1, 0.15) is 4.88 Å². The highest BCUT2D eigenvalue weighted by Crippen LogP contribution is 2.34. The number of thiophene rings is 1. The van der Waals surface area contributed by atoms with Crippen molar-refractivity contribution >= 4 is 56.3 Å². The van der Waals surface area contributed by atoms with Gasteiger partial charge in [-0.3, -0.25) is 0 Å². The number of anilines is 1. The van der Waals surface area contributed by atoms with Crippen molar-refractivity contribution in [2.24, 2.45) is 0 Å². The van der Waals surface area contributed by atoms with Crippen LogP contribution in [0.4, 0.5) is 5.69 Å². The van der Waals surface area contributed by atoms with Crippen molar-refractivity contribution < 1.29 is 0 Å². The maximum Gasteiger partial charge on any atom is 0.0562 e. The Kier molecular flexibility index (Phi) is 4.19. The summed E-state index contributed by atoms with van der Waals surface area (Å²) < 4.78 is 1.16.